The van der Waals surface area contributed by atoms with Crippen LogP contribution in [-0.2, 0) is 20.8 Å². The van der Waals surface area contributed by atoms with Crippen molar-refractivity contribution in [2.24, 2.45) is 5.92 Å². The second-order valence-electron chi connectivity index (χ2n) is 11.5. The predicted molar refractivity (Wildman–Crippen MR) is 174 cm³/mol. The summed E-state index contributed by atoms with van der Waals surface area (Å²) in [5, 5.41) is 28.1. The number of carboxylic acid groups (broad SMARTS) is 1. The van der Waals surface area contributed by atoms with Gasteiger partial charge in [-0.1, -0.05) is 23.7 Å². The number of nitrogens with zero attached hydrogens (tertiary/aromatic N) is 6. The molecule has 4 aromatic rings. The van der Waals surface area contributed by atoms with Gasteiger partial charge in [-0.3, -0.25) is 19.3 Å². The van der Waals surface area contributed by atoms with Crippen LogP contribution in [0.5, 0.6) is 0 Å². The molecular formula is C32H30ClN9O6. The molecule has 5 amide bonds. The summed E-state index contributed by atoms with van der Waals surface area (Å²) in [6, 6.07) is 15.8. The number of carboxylic acids is 1. The fourth-order valence-electron chi connectivity index (χ4n) is 5.27. The number of benzene rings is 3. The molecule has 0 unspecified atom stereocenters. The van der Waals surface area contributed by atoms with Crippen LogP contribution in [0.2, 0.25) is 5.02 Å². The van der Waals surface area contributed by atoms with Crippen molar-refractivity contribution in [2.75, 3.05) is 35.2 Å². The molecule has 2 aliphatic rings. The minimum Gasteiger partial charge on any atom is -0.478 e. The quantitative estimate of drug-likeness (QED) is 0.174. The molecule has 15 nitrogen and oxygen atoms in total. The fraction of sp³-hybridized carbons (Fsp3) is 0.250. The Bertz CT molecular complexity index is 1850. The fourth-order valence-corrected chi connectivity index (χ4v) is 5.44. The van der Waals surface area contributed by atoms with Crippen LogP contribution < -0.4 is 20.9 Å². The normalized spacial score (nSPS) is 14.8. The summed E-state index contributed by atoms with van der Waals surface area (Å²) in [6.07, 6.45) is 3.60. The number of anilines is 3. The van der Waals surface area contributed by atoms with Gasteiger partial charge in [0, 0.05) is 42.5 Å². The van der Waals surface area contributed by atoms with Crippen molar-refractivity contribution < 1.29 is 29.1 Å². The van der Waals surface area contributed by atoms with E-state index in [1.54, 1.807) is 41.3 Å². The van der Waals surface area contributed by atoms with E-state index in [1.807, 2.05) is 4.90 Å². The highest BCUT2D eigenvalue weighted by Gasteiger charge is 2.34. The highest BCUT2D eigenvalue weighted by atomic mass is 35.5. The molecule has 1 aromatic heterocycles. The van der Waals surface area contributed by atoms with Crippen LogP contribution in [0, 0.1) is 5.92 Å². The maximum absolute atomic E-state index is 13.5. The van der Waals surface area contributed by atoms with Crippen LogP contribution in [0.15, 0.2) is 73.1 Å². The molecule has 3 aromatic carbocycles. The molecule has 0 spiro atoms. The molecule has 1 aliphatic heterocycles. The van der Waals surface area contributed by atoms with Gasteiger partial charge < -0.3 is 26.0 Å². The molecule has 48 heavy (non-hydrogen) atoms. The lowest BCUT2D eigenvalue weighted by atomic mass is 10.0. The summed E-state index contributed by atoms with van der Waals surface area (Å²) in [5.74, 6) is -3.36. The van der Waals surface area contributed by atoms with E-state index in [1.165, 1.54) is 41.3 Å². The Hall–Kier alpha value is -5.83. The van der Waals surface area contributed by atoms with E-state index in [4.69, 9.17) is 11.6 Å². The molecule has 1 atom stereocenters. The number of rotatable bonds is 11. The van der Waals surface area contributed by atoms with Crippen LogP contribution >= 0.6 is 11.6 Å². The third kappa shape index (κ3) is 7.58. The predicted octanol–water partition coefficient (Wildman–Crippen LogP) is 2.97. The second kappa shape index (κ2) is 13.9. The van der Waals surface area contributed by atoms with Gasteiger partial charge in [-0.05, 0) is 89.3 Å². The average molecular weight is 672 g/mol. The zero-order valence-corrected chi connectivity index (χ0v) is 26.1. The highest BCUT2D eigenvalue weighted by Crippen LogP contribution is 2.32. The van der Waals surface area contributed by atoms with Gasteiger partial charge in [0.25, 0.3) is 0 Å². The van der Waals surface area contributed by atoms with Gasteiger partial charge in [-0.15, -0.1) is 5.10 Å². The van der Waals surface area contributed by atoms with Gasteiger partial charge in [-0.25, -0.2) is 9.59 Å². The lowest BCUT2D eigenvalue weighted by Gasteiger charge is -2.20. The Balaban J connectivity index is 1.17. The maximum atomic E-state index is 13.5. The molecule has 0 radical (unpaired) electrons. The largest absolute Gasteiger partial charge is 0.478 e. The number of hydrogen-bond acceptors (Lipinski definition) is 8. The average Bonchev–Trinajstić information content (AvgIpc) is 3.58. The molecular weight excluding hydrogens is 642 g/mol. The summed E-state index contributed by atoms with van der Waals surface area (Å²) in [5.41, 5.74) is 2.18. The second-order valence-corrected chi connectivity index (χ2v) is 11.9. The van der Waals surface area contributed by atoms with E-state index >= 15 is 0 Å². The van der Waals surface area contributed by atoms with Crippen LogP contribution in [-0.4, -0.2) is 85.6 Å². The molecule has 0 bridgehead atoms. The molecule has 4 N–H and O–H groups in total. The minimum absolute atomic E-state index is 0.00681. The van der Waals surface area contributed by atoms with E-state index in [2.05, 4.69) is 31.5 Å². The third-order valence-electron chi connectivity index (χ3n) is 7.99. The van der Waals surface area contributed by atoms with E-state index in [0.29, 0.717) is 35.9 Å². The molecule has 6 rings (SSSR count). The van der Waals surface area contributed by atoms with Crippen molar-refractivity contribution in [1.82, 2.24) is 30.4 Å². The number of carbonyl (C=O) groups excluding carboxylic acids is 4. The van der Waals surface area contributed by atoms with Gasteiger partial charge in [0.05, 0.1) is 16.9 Å². The van der Waals surface area contributed by atoms with Gasteiger partial charge in [-0.2, -0.15) is 4.68 Å². The summed E-state index contributed by atoms with van der Waals surface area (Å²) in [4.78, 5) is 67.5. The zero-order valence-electron chi connectivity index (χ0n) is 25.4. The zero-order chi connectivity index (χ0) is 33.8. The first-order valence-corrected chi connectivity index (χ1v) is 15.5. The smallest absolute Gasteiger partial charge is 0.335 e. The van der Waals surface area contributed by atoms with E-state index in [-0.39, 0.29) is 34.4 Å². The molecule has 1 saturated carbocycles. The Kier molecular flexibility index (Phi) is 9.29. The number of amides is 5. The van der Waals surface area contributed by atoms with Crippen molar-refractivity contribution in [2.45, 2.75) is 25.3 Å². The lowest BCUT2D eigenvalue weighted by molar-refractivity contribution is -0.137. The van der Waals surface area contributed by atoms with Gasteiger partial charge in [0.2, 0.25) is 5.91 Å². The van der Waals surface area contributed by atoms with Crippen molar-refractivity contribution in [3.63, 3.8) is 0 Å². The van der Waals surface area contributed by atoms with Crippen LogP contribution in [0.4, 0.5) is 21.9 Å². The standard InChI is InChI=1S/C32H30ClN9O6/c33-22-7-12-27(42-18-34-38-39-42)25(16-22)36-29(44)30(45)37-26(28(43)35-23-8-5-21(6-9-23)31(46)47)15-19-3-10-24(11-4-19)41-14-13-40(32(41)48)17-20-1-2-20/h3-12,16,18,20,26H,1-2,13-15,17H2,(H,35,43)(H,36,44)(H,37,45)(H,46,47)/t26-/m0/s1. The topological polar surface area (TPSA) is 192 Å². The van der Waals surface area contributed by atoms with Crippen molar-refractivity contribution in [1.29, 1.82) is 0 Å². The molecule has 1 saturated heterocycles. The van der Waals surface area contributed by atoms with E-state index in [9.17, 15) is 29.1 Å². The monoisotopic (exact) mass is 671 g/mol. The SMILES string of the molecule is O=C(Nc1cc(Cl)ccc1-n1cnnn1)C(=O)N[C@@H](Cc1ccc(N2CCN(CC3CC3)C2=O)cc1)C(=O)Nc1ccc(C(=O)O)cc1. The first kappa shape index (κ1) is 32.1. The number of nitrogens with one attached hydrogen (secondary N) is 3. The lowest BCUT2D eigenvalue weighted by Crippen LogP contribution is -2.49. The molecule has 2 heterocycles. The molecule has 246 valence electrons. The van der Waals surface area contributed by atoms with Crippen LogP contribution in [0.3, 0.4) is 0 Å². The Morgan fingerprint density at radius 1 is 0.938 bits per heavy atom. The van der Waals surface area contributed by atoms with Crippen LogP contribution in [0.25, 0.3) is 5.69 Å². The number of urea groups is 1. The first-order valence-electron chi connectivity index (χ1n) is 15.1. The number of halogens is 1. The van der Waals surface area contributed by atoms with Crippen molar-refractivity contribution in [3.05, 3.63) is 89.2 Å². The molecule has 2 fully saturated rings. The molecule has 1 aliphatic carbocycles. The minimum atomic E-state index is -1.23. The summed E-state index contributed by atoms with van der Waals surface area (Å²) >= 11 is 6.13. The number of tetrazole rings is 1. The summed E-state index contributed by atoms with van der Waals surface area (Å²) in [7, 11) is 0. The van der Waals surface area contributed by atoms with Gasteiger partial charge in [0.1, 0.15) is 12.4 Å². The number of aromatic nitrogens is 4. The summed E-state index contributed by atoms with van der Waals surface area (Å²) < 4.78 is 1.28. The maximum Gasteiger partial charge on any atom is 0.335 e. The van der Waals surface area contributed by atoms with Gasteiger partial charge >= 0.3 is 23.8 Å². The van der Waals surface area contributed by atoms with E-state index in [0.717, 1.165) is 19.4 Å². The number of hydrogen-bond donors (Lipinski definition) is 4. The van der Waals surface area contributed by atoms with Gasteiger partial charge in [0.15, 0.2) is 0 Å². The number of aromatic carboxylic acids is 1. The Labute approximate surface area is 278 Å². The Morgan fingerprint density at radius 2 is 1.69 bits per heavy atom. The van der Waals surface area contributed by atoms with E-state index < -0.39 is 29.7 Å². The highest BCUT2D eigenvalue weighted by molar-refractivity contribution is 6.40. The third-order valence-corrected chi connectivity index (χ3v) is 8.22. The first-order chi connectivity index (χ1) is 23.1. The van der Waals surface area contributed by atoms with Crippen molar-refractivity contribution in [3.8, 4) is 5.69 Å². The Morgan fingerprint density at radius 3 is 2.35 bits per heavy atom. The number of carbonyl (C=O) groups is 5. The molecule has 16 heteroatoms. The van der Waals surface area contributed by atoms with Crippen LogP contribution in [0.1, 0.15) is 28.8 Å². The van der Waals surface area contributed by atoms with Crippen molar-refractivity contribution >= 4 is 58.4 Å². The summed E-state index contributed by atoms with van der Waals surface area (Å²) in [6.45, 7) is 2.00.